The van der Waals surface area contributed by atoms with Crippen molar-refractivity contribution in [3.05, 3.63) is 36.0 Å². The third-order valence-electron chi connectivity index (χ3n) is 3.38. The fourth-order valence-electron chi connectivity index (χ4n) is 2.13. The second-order valence-electron chi connectivity index (χ2n) is 4.85. The molecule has 1 heterocycles. The Bertz CT molecular complexity index is 547. The minimum absolute atomic E-state index is 0.0988. The summed E-state index contributed by atoms with van der Waals surface area (Å²) in [4.78, 5) is 14.9. The second kappa shape index (κ2) is 6.38. The van der Waals surface area contributed by atoms with Crippen LogP contribution in [0, 0.1) is 0 Å². The van der Waals surface area contributed by atoms with Gasteiger partial charge in [0.15, 0.2) is 0 Å². The van der Waals surface area contributed by atoms with E-state index >= 15 is 0 Å². The first-order valence-electron chi connectivity index (χ1n) is 6.69. The molecule has 3 N–H and O–H groups in total. The van der Waals surface area contributed by atoms with Gasteiger partial charge < -0.3 is 15.6 Å². The molecule has 1 aromatic heterocycles. The molecule has 2 aromatic rings. The molecule has 0 radical (unpaired) electrons. The molecule has 0 bridgehead atoms. The van der Waals surface area contributed by atoms with Gasteiger partial charge in [-0.15, -0.1) is 0 Å². The van der Waals surface area contributed by atoms with Gasteiger partial charge in [-0.2, -0.15) is 0 Å². The van der Waals surface area contributed by atoms with Gasteiger partial charge in [0.05, 0.1) is 0 Å². The summed E-state index contributed by atoms with van der Waals surface area (Å²) in [7, 11) is 1.86. The number of aromatic amines is 1. The maximum Gasteiger partial charge on any atom is 0.221 e. The van der Waals surface area contributed by atoms with Gasteiger partial charge >= 0.3 is 0 Å². The number of nitrogens with one attached hydrogen (secondary N) is 3. The van der Waals surface area contributed by atoms with E-state index in [-0.39, 0.29) is 11.9 Å². The molecular formula is C15H21N3O. The fraction of sp³-hybridized carbons (Fsp3) is 0.400. The lowest BCUT2D eigenvalue weighted by molar-refractivity contribution is -0.121. The number of amides is 1. The first kappa shape index (κ1) is 13.6. The molecule has 1 aromatic carbocycles. The Morgan fingerprint density at radius 2 is 2.16 bits per heavy atom. The summed E-state index contributed by atoms with van der Waals surface area (Å²) in [6, 6.07) is 8.43. The van der Waals surface area contributed by atoms with E-state index in [2.05, 4.69) is 27.8 Å². The zero-order valence-corrected chi connectivity index (χ0v) is 11.5. The molecule has 1 amide bonds. The van der Waals surface area contributed by atoms with Crippen LogP contribution in [0.3, 0.4) is 0 Å². The number of aromatic nitrogens is 1. The molecule has 1 atom stereocenters. The number of hydrogen-bond acceptors (Lipinski definition) is 2. The van der Waals surface area contributed by atoms with E-state index in [9.17, 15) is 4.79 Å². The van der Waals surface area contributed by atoms with Gasteiger partial charge in [0.25, 0.3) is 0 Å². The van der Waals surface area contributed by atoms with Gasteiger partial charge in [-0.1, -0.05) is 18.2 Å². The van der Waals surface area contributed by atoms with E-state index in [0.717, 1.165) is 11.9 Å². The Kier molecular flexibility index (Phi) is 4.58. The molecule has 0 saturated carbocycles. The van der Waals surface area contributed by atoms with E-state index in [1.54, 1.807) is 0 Å². The minimum Gasteiger partial charge on any atom is -0.361 e. The van der Waals surface area contributed by atoms with Crippen molar-refractivity contribution in [3.8, 4) is 0 Å². The van der Waals surface area contributed by atoms with Crippen molar-refractivity contribution in [1.29, 1.82) is 0 Å². The highest BCUT2D eigenvalue weighted by atomic mass is 16.1. The highest BCUT2D eigenvalue weighted by Crippen LogP contribution is 2.17. The molecule has 0 saturated heterocycles. The predicted octanol–water partition coefficient (Wildman–Crippen LogP) is 1.82. The number of para-hydroxylation sites is 1. The fourth-order valence-corrected chi connectivity index (χ4v) is 2.13. The van der Waals surface area contributed by atoms with Crippen molar-refractivity contribution < 1.29 is 4.79 Å². The topological polar surface area (TPSA) is 56.9 Å². The van der Waals surface area contributed by atoms with Crippen LogP contribution in [0.2, 0.25) is 0 Å². The van der Waals surface area contributed by atoms with Crippen molar-refractivity contribution in [2.75, 3.05) is 13.6 Å². The van der Waals surface area contributed by atoms with Crippen LogP contribution in [-0.4, -0.2) is 30.5 Å². The van der Waals surface area contributed by atoms with Crippen LogP contribution in [0.15, 0.2) is 30.5 Å². The highest BCUT2D eigenvalue weighted by molar-refractivity contribution is 5.83. The Hall–Kier alpha value is -1.81. The number of benzene rings is 1. The first-order valence-corrected chi connectivity index (χ1v) is 6.69. The van der Waals surface area contributed by atoms with E-state index in [4.69, 9.17) is 0 Å². The Balaban J connectivity index is 1.84. The molecule has 4 nitrogen and oxygen atoms in total. The maximum atomic E-state index is 11.6. The van der Waals surface area contributed by atoms with Crippen LogP contribution in [0.1, 0.15) is 18.9 Å². The summed E-state index contributed by atoms with van der Waals surface area (Å²) in [5.41, 5.74) is 2.39. The summed E-state index contributed by atoms with van der Waals surface area (Å²) in [6.45, 7) is 2.68. The van der Waals surface area contributed by atoms with Crippen molar-refractivity contribution in [3.63, 3.8) is 0 Å². The number of H-pyrrole nitrogens is 1. The minimum atomic E-state index is 0.0988. The first-order chi connectivity index (χ1) is 9.20. The molecule has 0 aliphatic heterocycles. The second-order valence-corrected chi connectivity index (χ2v) is 4.85. The quantitative estimate of drug-likeness (QED) is 0.741. The van der Waals surface area contributed by atoms with Crippen LogP contribution >= 0.6 is 0 Å². The highest BCUT2D eigenvalue weighted by Gasteiger charge is 2.07. The smallest absolute Gasteiger partial charge is 0.221 e. The molecule has 2 rings (SSSR count). The summed E-state index contributed by atoms with van der Waals surface area (Å²) >= 11 is 0. The number of fused-ring (bicyclic) bond motifs is 1. The van der Waals surface area contributed by atoms with E-state index < -0.39 is 0 Å². The molecule has 0 aliphatic rings. The molecule has 4 heteroatoms. The SMILES string of the molecule is CNC(C)CC(=O)NCCc1c[nH]c2ccccc12. The van der Waals surface area contributed by atoms with Gasteiger partial charge in [0.2, 0.25) is 5.91 Å². The van der Waals surface area contributed by atoms with Crippen LogP contribution in [-0.2, 0) is 11.2 Å². The van der Waals surface area contributed by atoms with Gasteiger partial charge in [0, 0.05) is 36.1 Å². The van der Waals surface area contributed by atoms with Gasteiger partial charge in [-0.3, -0.25) is 4.79 Å². The number of carbonyl (C=O) groups excluding carboxylic acids is 1. The van der Waals surface area contributed by atoms with Crippen LogP contribution in [0.4, 0.5) is 0 Å². The third-order valence-corrected chi connectivity index (χ3v) is 3.38. The summed E-state index contributed by atoms with van der Waals surface area (Å²) in [5.74, 6) is 0.0988. The largest absolute Gasteiger partial charge is 0.361 e. The normalized spacial score (nSPS) is 12.5. The summed E-state index contributed by atoms with van der Waals surface area (Å²) in [6.07, 6.45) is 3.39. The van der Waals surface area contributed by atoms with Gasteiger partial charge in [0.1, 0.15) is 0 Å². The van der Waals surface area contributed by atoms with E-state index in [0.29, 0.717) is 13.0 Å². The maximum absolute atomic E-state index is 11.6. The molecule has 0 fully saturated rings. The summed E-state index contributed by atoms with van der Waals surface area (Å²) in [5, 5.41) is 7.25. The van der Waals surface area contributed by atoms with E-state index in [1.807, 2.05) is 32.3 Å². The molecule has 102 valence electrons. The lowest BCUT2D eigenvalue weighted by Gasteiger charge is -2.10. The van der Waals surface area contributed by atoms with Crippen molar-refractivity contribution >= 4 is 16.8 Å². The Morgan fingerprint density at radius 3 is 2.95 bits per heavy atom. The van der Waals surface area contributed by atoms with Crippen molar-refractivity contribution in [2.24, 2.45) is 0 Å². The zero-order valence-electron chi connectivity index (χ0n) is 11.5. The monoisotopic (exact) mass is 259 g/mol. The number of hydrogen-bond donors (Lipinski definition) is 3. The third kappa shape index (κ3) is 3.58. The molecule has 1 unspecified atom stereocenters. The van der Waals surface area contributed by atoms with Gasteiger partial charge in [-0.25, -0.2) is 0 Å². The zero-order chi connectivity index (χ0) is 13.7. The van der Waals surface area contributed by atoms with Crippen LogP contribution < -0.4 is 10.6 Å². The number of rotatable bonds is 6. The number of carbonyl (C=O) groups is 1. The Morgan fingerprint density at radius 1 is 1.37 bits per heavy atom. The van der Waals surface area contributed by atoms with Crippen molar-refractivity contribution in [1.82, 2.24) is 15.6 Å². The molecular weight excluding hydrogens is 238 g/mol. The average molecular weight is 259 g/mol. The predicted molar refractivity (Wildman–Crippen MR) is 78.2 cm³/mol. The summed E-state index contributed by atoms with van der Waals surface area (Å²) < 4.78 is 0. The Labute approximate surface area is 113 Å². The van der Waals surface area contributed by atoms with Crippen LogP contribution in [0.5, 0.6) is 0 Å². The van der Waals surface area contributed by atoms with Crippen LogP contribution in [0.25, 0.3) is 10.9 Å². The average Bonchev–Trinajstić information content (AvgIpc) is 2.82. The molecule has 0 spiro atoms. The molecule has 0 aliphatic carbocycles. The van der Waals surface area contributed by atoms with Gasteiger partial charge in [-0.05, 0) is 32.0 Å². The lowest BCUT2D eigenvalue weighted by Crippen LogP contribution is -2.32. The standard InChI is InChI=1S/C15H21N3O/c1-11(16-2)9-15(19)17-8-7-12-10-18-14-6-4-3-5-13(12)14/h3-6,10-11,16,18H,7-9H2,1-2H3,(H,17,19). The van der Waals surface area contributed by atoms with E-state index in [1.165, 1.54) is 10.9 Å². The van der Waals surface area contributed by atoms with Crippen molar-refractivity contribution in [2.45, 2.75) is 25.8 Å². The molecule has 19 heavy (non-hydrogen) atoms. The lowest BCUT2D eigenvalue weighted by atomic mass is 10.1.